The summed E-state index contributed by atoms with van der Waals surface area (Å²) in [6.07, 6.45) is 0. The van der Waals surface area contributed by atoms with E-state index >= 15 is 0 Å². The molecule has 0 saturated heterocycles. The molecular formula is C11H13NO2. The normalized spacial score (nSPS) is 10.7. The first-order valence-electron chi connectivity index (χ1n) is 4.35. The van der Waals surface area contributed by atoms with E-state index in [1.165, 1.54) is 0 Å². The van der Waals surface area contributed by atoms with Crippen molar-refractivity contribution in [3.8, 4) is 17.6 Å². The summed E-state index contributed by atoms with van der Waals surface area (Å²) in [5, 5.41) is 18.3. The van der Waals surface area contributed by atoms with E-state index in [-0.39, 0.29) is 16.9 Å². The minimum atomic E-state index is -0.383. The van der Waals surface area contributed by atoms with Crippen LogP contribution in [0.25, 0.3) is 0 Å². The first-order valence-corrected chi connectivity index (χ1v) is 4.35. The zero-order valence-corrected chi connectivity index (χ0v) is 8.53. The van der Waals surface area contributed by atoms with Crippen molar-refractivity contribution in [1.82, 2.24) is 0 Å². The molecule has 1 aromatic rings. The topological polar surface area (TPSA) is 53.2 Å². The maximum Gasteiger partial charge on any atom is 0.175 e. The molecule has 3 nitrogen and oxygen atoms in total. The summed E-state index contributed by atoms with van der Waals surface area (Å²) in [5.74, 6) is 0.251. The van der Waals surface area contributed by atoms with E-state index in [2.05, 4.69) is 0 Å². The van der Waals surface area contributed by atoms with Gasteiger partial charge in [-0.05, 0) is 32.9 Å². The van der Waals surface area contributed by atoms with Gasteiger partial charge in [-0.1, -0.05) is 6.07 Å². The predicted molar refractivity (Wildman–Crippen MR) is 53.2 cm³/mol. The van der Waals surface area contributed by atoms with E-state index in [0.717, 1.165) is 0 Å². The summed E-state index contributed by atoms with van der Waals surface area (Å²) < 4.78 is 5.47. The van der Waals surface area contributed by atoms with Crippen LogP contribution in [0.5, 0.6) is 11.5 Å². The van der Waals surface area contributed by atoms with Gasteiger partial charge in [-0.25, -0.2) is 0 Å². The number of hydrogen-bond donors (Lipinski definition) is 1. The molecule has 0 aliphatic carbocycles. The van der Waals surface area contributed by atoms with Gasteiger partial charge in [0.05, 0.1) is 5.56 Å². The quantitative estimate of drug-likeness (QED) is 0.741. The molecule has 0 fully saturated rings. The number of ether oxygens (including phenoxy) is 1. The van der Waals surface area contributed by atoms with E-state index in [4.69, 9.17) is 10.00 Å². The molecule has 0 atom stereocenters. The van der Waals surface area contributed by atoms with Gasteiger partial charge in [-0.3, -0.25) is 0 Å². The summed E-state index contributed by atoms with van der Waals surface area (Å²) in [5.41, 5.74) is -0.155. The Bertz CT molecular complexity index is 372. The van der Waals surface area contributed by atoms with E-state index < -0.39 is 0 Å². The van der Waals surface area contributed by atoms with E-state index in [1.54, 1.807) is 18.2 Å². The van der Waals surface area contributed by atoms with Gasteiger partial charge in [0.15, 0.2) is 11.5 Å². The Labute approximate surface area is 83.6 Å². The molecule has 14 heavy (non-hydrogen) atoms. The molecule has 1 aromatic carbocycles. The molecule has 0 radical (unpaired) electrons. The van der Waals surface area contributed by atoms with Crippen LogP contribution in [0.2, 0.25) is 0 Å². The lowest BCUT2D eigenvalue weighted by Gasteiger charge is -2.21. The number of rotatable bonds is 1. The Hall–Kier alpha value is -1.69. The standard InChI is InChI=1S/C11H13NO2/c1-11(2,3)14-9-6-4-5-8(7-12)10(9)13/h4-6,13H,1-3H3. The fraction of sp³-hybridized carbons (Fsp3) is 0.364. The number of hydrogen-bond acceptors (Lipinski definition) is 3. The van der Waals surface area contributed by atoms with Crippen molar-refractivity contribution in [1.29, 1.82) is 5.26 Å². The highest BCUT2D eigenvalue weighted by Crippen LogP contribution is 2.31. The molecule has 1 rings (SSSR count). The van der Waals surface area contributed by atoms with Crippen LogP contribution in [-0.2, 0) is 0 Å². The van der Waals surface area contributed by atoms with Crippen molar-refractivity contribution in [2.75, 3.05) is 0 Å². The highest BCUT2D eigenvalue weighted by Gasteiger charge is 2.15. The summed E-state index contributed by atoms with van der Waals surface area (Å²) in [6.45, 7) is 5.64. The van der Waals surface area contributed by atoms with Crippen LogP contribution in [0, 0.1) is 11.3 Å². The Kier molecular flexibility index (Phi) is 2.66. The lowest BCUT2D eigenvalue weighted by atomic mass is 10.1. The number of benzene rings is 1. The molecule has 0 saturated carbocycles. The predicted octanol–water partition coefficient (Wildman–Crippen LogP) is 2.44. The van der Waals surface area contributed by atoms with E-state index in [1.807, 2.05) is 26.8 Å². The number of para-hydroxylation sites is 1. The minimum absolute atomic E-state index is 0.0927. The van der Waals surface area contributed by atoms with Crippen LogP contribution in [0.3, 0.4) is 0 Å². The molecule has 0 aromatic heterocycles. The molecule has 0 unspecified atom stereocenters. The Balaban J connectivity index is 3.06. The van der Waals surface area contributed by atoms with Gasteiger partial charge in [-0.15, -0.1) is 0 Å². The third-order valence-corrected chi connectivity index (χ3v) is 1.54. The maximum absolute atomic E-state index is 9.60. The Morgan fingerprint density at radius 2 is 2.00 bits per heavy atom. The van der Waals surface area contributed by atoms with Crippen LogP contribution < -0.4 is 4.74 Å². The lowest BCUT2D eigenvalue weighted by molar-refractivity contribution is 0.126. The average molecular weight is 191 g/mol. The second-order valence-electron chi connectivity index (χ2n) is 3.98. The summed E-state index contributed by atoms with van der Waals surface area (Å²) >= 11 is 0. The number of phenolic OH excluding ortho intramolecular Hbond substituents is 1. The lowest BCUT2D eigenvalue weighted by Crippen LogP contribution is -2.23. The number of phenols is 1. The van der Waals surface area contributed by atoms with Gasteiger partial charge in [0.25, 0.3) is 0 Å². The van der Waals surface area contributed by atoms with Gasteiger partial charge < -0.3 is 9.84 Å². The van der Waals surface area contributed by atoms with E-state index in [9.17, 15) is 5.11 Å². The Morgan fingerprint density at radius 1 is 1.36 bits per heavy atom. The smallest absolute Gasteiger partial charge is 0.175 e. The van der Waals surface area contributed by atoms with Gasteiger partial charge in [0.2, 0.25) is 0 Å². The Morgan fingerprint density at radius 3 is 2.50 bits per heavy atom. The molecule has 0 aliphatic heterocycles. The molecule has 74 valence electrons. The fourth-order valence-corrected chi connectivity index (χ4v) is 1.02. The molecule has 0 amide bonds. The van der Waals surface area contributed by atoms with Crippen molar-refractivity contribution in [2.24, 2.45) is 0 Å². The highest BCUT2D eigenvalue weighted by molar-refractivity contribution is 5.51. The first-order chi connectivity index (χ1) is 6.44. The van der Waals surface area contributed by atoms with Gasteiger partial charge >= 0.3 is 0 Å². The summed E-state index contributed by atoms with van der Waals surface area (Å²) in [7, 11) is 0. The van der Waals surface area contributed by atoms with Crippen LogP contribution in [0.4, 0.5) is 0 Å². The molecule has 0 spiro atoms. The van der Waals surface area contributed by atoms with Crippen LogP contribution in [0.1, 0.15) is 26.3 Å². The average Bonchev–Trinajstić information content (AvgIpc) is 2.06. The van der Waals surface area contributed by atoms with Crippen LogP contribution in [0.15, 0.2) is 18.2 Å². The van der Waals surface area contributed by atoms with Gasteiger partial charge in [0, 0.05) is 0 Å². The zero-order valence-electron chi connectivity index (χ0n) is 8.53. The first kappa shape index (κ1) is 10.4. The van der Waals surface area contributed by atoms with Gasteiger partial charge in [0.1, 0.15) is 11.7 Å². The van der Waals surface area contributed by atoms with Crippen molar-refractivity contribution in [3.05, 3.63) is 23.8 Å². The van der Waals surface area contributed by atoms with Crippen LogP contribution >= 0.6 is 0 Å². The molecule has 0 heterocycles. The highest BCUT2D eigenvalue weighted by atomic mass is 16.5. The molecule has 3 heteroatoms. The van der Waals surface area contributed by atoms with Crippen molar-refractivity contribution in [3.63, 3.8) is 0 Å². The van der Waals surface area contributed by atoms with Crippen LogP contribution in [-0.4, -0.2) is 10.7 Å². The van der Waals surface area contributed by atoms with Crippen molar-refractivity contribution >= 4 is 0 Å². The second kappa shape index (κ2) is 3.59. The summed E-state index contributed by atoms with van der Waals surface area (Å²) in [6, 6.07) is 6.76. The number of aromatic hydroxyl groups is 1. The largest absolute Gasteiger partial charge is 0.503 e. The monoisotopic (exact) mass is 191 g/mol. The SMILES string of the molecule is CC(C)(C)Oc1cccc(C#N)c1O. The number of nitriles is 1. The third-order valence-electron chi connectivity index (χ3n) is 1.54. The maximum atomic E-state index is 9.60. The molecular weight excluding hydrogens is 178 g/mol. The second-order valence-corrected chi connectivity index (χ2v) is 3.98. The molecule has 0 aliphatic rings. The zero-order chi connectivity index (χ0) is 10.8. The fourth-order valence-electron chi connectivity index (χ4n) is 1.02. The van der Waals surface area contributed by atoms with Crippen molar-refractivity contribution in [2.45, 2.75) is 26.4 Å². The third kappa shape index (κ3) is 2.40. The number of nitrogens with zero attached hydrogens (tertiary/aromatic N) is 1. The molecule has 0 bridgehead atoms. The minimum Gasteiger partial charge on any atom is -0.503 e. The van der Waals surface area contributed by atoms with Gasteiger partial charge in [-0.2, -0.15) is 5.26 Å². The van der Waals surface area contributed by atoms with Crippen molar-refractivity contribution < 1.29 is 9.84 Å². The summed E-state index contributed by atoms with van der Waals surface area (Å²) in [4.78, 5) is 0. The molecule has 1 N–H and O–H groups in total. The van der Waals surface area contributed by atoms with E-state index in [0.29, 0.717) is 5.75 Å².